The number of hydrogen-bond acceptors (Lipinski definition) is 5. The standard InChI is InChI=1S/C17H21FN4O2S/c1-13-11-15(18)3-4-16(13)25(23,24)21-12-14-5-9-22(10-6-14)17-19-7-2-8-20-17/h2-4,7-8,11,14,21H,5-6,9-10,12H2,1H3. The maximum Gasteiger partial charge on any atom is 0.240 e. The van der Waals surface area contributed by atoms with Crippen LogP contribution in [0.1, 0.15) is 18.4 Å². The zero-order chi connectivity index (χ0) is 17.9. The van der Waals surface area contributed by atoms with Crippen LogP contribution in [0, 0.1) is 18.7 Å². The summed E-state index contributed by atoms with van der Waals surface area (Å²) in [6.07, 6.45) is 5.16. The Hall–Kier alpha value is -2.06. The van der Waals surface area contributed by atoms with Gasteiger partial charge in [0.05, 0.1) is 4.90 Å². The first-order chi connectivity index (χ1) is 12.0. The van der Waals surface area contributed by atoms with E-state index in [1.54, 1.807) is 25.4 Å². The van der Waals surface area contributed by atoms with Gasteiger partial charge in [-0.05, 0) is 55.5 Å². The van der Waals surface area contributed by atoms with Crippen LogP contribution in [0.15, 0.2) is 41.6 Å². The number of piperidine rings is 1. The molecule has 0 atom stereocenters. The summed E-state index contributed by atoms with van der Waals surface area (Å²) in [5.74, 6) is 0.533. The molecule has 1 aliphatic heterocycles. The summed E-state index contributed by atoms with van der Waals surface area (Å²) in [5, 5.41) is 0. The highest BCUT2D eigenvalue weighted by Crippen LogP contribution is 2.21. The molecule has 2 heterocycles. The molecule has 1 fully saturated rings. The lowest BCUT2D eigenvalue weighted by molar-refractivity contribution is 0.399. The summed E-state index contributed by atoms with van der Waals surface area (Å²) < 4.78 is 40.7. The predicted octanol–water partition coefficient (Wildman–Crippen LogP) is 2.12. The van der Waals surface area contributed by atoms with E-state index in [0.29, 0.717) is 18.1 Å². The van der Waals surface area contributed by atoms with Crippen molar-refractivity contribution in [1.82, 2.24) is 14.7 Å². The zero-order valence-electron chi connectivity index (χ0n) is 14.0. The van der Waals surface area contributed by atoms with Gasteiger partial charge in [-0.15, -0.1) is 0 Å². The van der Waals surface area contributed by atoms with Crippen molar-refractivity contribution < 1.29 is 12.8 Å². The average molecular weight is 364 g/mol. The van der Waals surface area contributed by atoms with E-state index >= 15 is 0 Å². The van der Waals surface area contributed by atoms with Gasteiger partial charge in [0.15, 0.2) is 0 Å². The molecule has 8 heteroatoms. The van der Waals surface area contributed by atoms with Gasteiger partial charge in [0.2, 0.25) is 16.0 Å². The minimum absolute atomic E-state index is 0.129. The van der Waals surface area contributed by atoms with Crippen molar-refractivity contribution in [2.24, 2.45) is 5.92 Å². The lowest BCUT2D eigenvalue weighted by Crippen LogP contribution is -2.39. The van der Waals surface area contributed by atoms with Gasteiger partial charge in [0.25, 0.3) is 0 Å². The van der Waals surface area contributed by atoms with Gasteiger partial charge in [0, 0.05) is 32.0 Å². The summed E-state index contributed by atoms with van der Waals surface area (Å²) in [4.78, 5) is 10.7. The highest BCUT2D eigenvalue weighted by atomic mass is 32.2. The van der Waals surface area contributed by atoms with Crippen LogP contribution in [-0.4, -0.2) is 38.0 Å². The summed E-state index contributed by atoms with van der Waals surface area (Å²) in [6, 6.07) is 5.48. The molecule has 134 valence electrons. The third-order valence-corrected chi connectivity index (χ3v) is 6.02. The Morgan fingerprint density at radius 2 is 1.92 bits per heavy atom. The van der Waals surface area contributed by atoms with E-state index in [1.807, 2.05) is 0 Å². The first kappa shape index (κ1) is 17.8. The summed E-state index contributed by atoms with van der Waals surface area (Å²) in [5.41, 5.74) is 0.406. The second-order valence-electron chi connectivity index (χ2n) is 6.24. The van der Waals surface area contributed by atoms with Crippen LogP contribution in [0.2, 0.25) is 0 Å². The van der Waals surface area contributed by atoms with Gasteiger partial charge in [-0.3, -0.25) is 0 Å². The second kappa shape index (κ2) is 7.45. The number of hydrogen-bond donors (Lipinski definition) is 1. The van der Waals surface area contributed by atoms with Gasteiger partial charge in [-0.2, -0.15) is 0 Å². The van der Waals surface area contributed by atoms with Gasteiger partial charge in [-0.1, -0.05) is 0 Å². The van der Waals surface area contributed by atoms with E-state index in [0.717, 1.165) is 25.9 Å². The van der Waals surface area contributed by atoms with E-state index in [-0.39, 0.29) is 10.8 Å². The van der Waals surface area contributed by atoms with Gasteiger partial charge < -0.3 is 4.90 Å². The molecule has 0 spiro atoms. The van der Waals surface area contributed by atoms with E-state index in [1.165, 1.54) is 18.2 Å². The molecule has 0 unspecified atom stereocenters. The monoisotopic (exact) mass is 364 g/mol. The van der Waals surface area contributed by atoms with Gasteiger partial charge in [0.1, 0.15) is 5.82 Å². The SMILES string of the molecule is Cc1cc(F)ccc1S(=O)(=O)NCC1CCN(c2ncccn2)CC1. The molecular formula is C17H21FN4O2S. The Morgan fingerprint density at radius 1 is 1.24 bits per heavy atom. The summed E-state index contributed by atoms with van der Waals surface area (Å²) >= 11 is 0. The third kappa shape index (κ3) is 4.32. The number of halogens is 1. The van der Waals surface area contributed by atoms with E-state index in [9.17, 15) is 12.8 Å². The van der Waals surface area contributed by atoms with Crippen molar-refractivity contribution in [1.29, 1.82) is 0 Å². The predicted molar refractivity (Wildman–Crippen MR) is 93.3 cm³/mol. The highest BCUT2D eigenvalue weighted by molar-refractivity contribution is 7.89. The molecule has 6 nitrogen and oxygen atoms in total. The smallest absolute Gasteiger partial charge is 0.240 e. The van der Waals surface area contributed by atoms with Crippen molar-refractivity contribution >= 4 is 16.0 Å². The van der Waals surface area contributed by atoms with Crippen molar-refractivity contribution in [3.8, 4) is 0 Å². The number of nitrogens with one attached hydrogen (secondary N) is 1. The first-order valence-electron chi connectivity index (χ1n) is 8.23. The maximum atomic E-state index is 13.2. The molecule has 0 saturated carbocycles. The van der Waals surface area contributed by atoms with Crippen LogP contribution in [0.4, 0.5) is 10.3 Å². The summed E-state index contributed by atoms with van der Waals surface area (Å²) in [7, 11) is -3.63. The van der Waals surface area contributed by atoms with E-state index < -0.39 is 15.8 Å². The molecule has 1 N–H and O–H groups in total. The number of benzene rings is 1. The molecule has 1 aromatic carbocycles. The van der Waals surface area contributed by atoms with Crippen LogP contribution >= 0.6 is 0 Å². The molecule has 1 aliphatic rings. The van der Waals surface area contributed by atoms with Crippen LogP contribution in [0.3, 0.4) is 0 Å². The normalized spacial score (nSPS) is 16.2. The summed E-state index contributed by atoms with van der Waals surface area (Å²) in [6.45, 7) is 3.57. The van der Waals surface area contributed by atoms with E-state index in [2.05, 4.69) is 19.6 Å². The van der Waals surface area contributed by atoms with E-state index in [4.69, 9.17) is 0 Å². The number of nitrogens with zero attached hydrogens (tertiary/aromatic N) is 3. The lowest BCUT2D eigenvalue weighted by atomic mass is 9.97. The van der Waals surface area contributed by atoms with Gasteiger partial charge in [-0.25, -0.2) is 27.5 Å². The molecule has 0 bridgehead atoms. The fraction of sp³-hybridized carbons (Fsp3) is 0.412. The number of aromatic nitrogens is 2. The van der Waals surface area contributed by atoms with Crippen molar-refractivity contribution in [2.45, 2.75) is 24.7 Å². The van der Waals surface area contributed by atoms with Crippen LogP contribution in [0.5, 0.6) is 0 Å². The minimum atomic E-state index is -3.63. The molecule has 25 heavy (non-hydrogen) atoms. The molecule has 1 saturated heterocycles. The Balaban J connectivity index is 1.56. The average Bonchev–Trinajstić information content (AvgIpc) is 2.61. The number of aryl methyl sites for hydroxylation is 1. The Morgan fingerprint density at radius 3 is 2.56 bits per heavy atom. The fourth-order valence-electron chi connectivity index (χ4n) is 3.01. The van der Waals surface area contributed by atoms with Crippen molar-refractivity contribution in [3.05, 3.63) is 48.0 Å². The Kier molecular flexibility index (Phi) is 5.29. The highest BCUT2D eigenvalue weighted by Gasteiger charge is 2.23. The van der Waals surface area contributed by atoms with Crippen molar-refractivity contribution in [2.75, 3.05) is 24.5 Å². The molecule has 0 radical (unpaired) electrons. The maximum absolute atomic E-state index is 13.2. The number of sulfonamides is 1. The van der Waals surface area contributed by atoms with Crippen LogP contribution in [-0.2, 0) is 10.0 Å². The molecule has 2 aromatic rings. The molecule has 1 aromatic heterocycles. The molecule has 0 aliphatic carbocycles. The quantitative estimate of drug-likeness (QED) is 0.880. The molecular weight excluding hydrogens is 343 g/mol. The van der Waals surface area contributed by atoms with Crippen molar-refractivity contribution in [3.63, 3.8) is 0 Å². The minimum Gasteiger partial charge on any atom is -0.341 e. The van der Waals surface area contributed by atoms with Crippen LogP contribution < -0.4 is 9.62 Å². The molecule has 3 rings (SSSR count). The number of anilines is 1. The molecule has 0 amide bonds. The first-order valence-corrected chi connectivity index (χ1v) is 9.72. The zero-order valence-corrected chi connectivity index (χ0v) is 14.8. The number of rotatable bonds is 5. The lowest BCUT2D eigenvalue weighted by Gasteiger charge is -2.31. The Labute approximate surface area is 147 Å². The van der Waals surface area contributed by atoms with Crippen LogP contribution in [0.25, 0.3) is 0 Å². The largest absolute Gasteiger partial charge is 0.341 e. The second-order valence-corrected chi connectivity index (χ2v) is 7.98. The Bertz CT molecular complexity index is 822. The third-order valence-electron chi connectivity index (χ3n) is 4.44. The fourth-order valence-corrected chi connectivity index (χ4v) is 4.35. The topological polar surface area (TPSA) is 75.2 Å². The van der Waals surface area contributed by atoms with Gasteiger partial charge >= 0.3 is 0 Å².